The second-order valence-electron chi connectivity index (χ2n) is 10.8. The molecule has 0 radical (unpaired) electrons. The summed E-state index contributed by atoms with van der Waals surface area (Å²) in [7, 11) is 2.10. The first-order chi connectivity index (χ1) is 20.0. The summed E-state index contributed by atoms with van der Waals surface area (Å²) >= 11 is 0. The van der Waals surface area contributed by atoms with E-state index in [2.05, 4.69) is 38.6 Å². The molecule has 3 aliphatic rings. The van der Waals surface area contributed by atoms with Gasteiger partial charge in [0.2, 0.25) is 18.2 Å². The summed E-state index contributed by atoms with van der Waals surface area (Å²) in [6, 6.07) is 4.23. The van der Waals surface area contributed by atoms with Crippen LogP contribution in [0.4, 0.5) is 5.82 Å². The molecule has 1 N–H and O–H groups in total. The van der Waals surface area contributed by atoms with Crippen LogP contribution in [0.15, 0.2) is 31.0 Å². The highest BCUT2D eigenvalue weighted by atomic mass is 16.6. The molecule has 3 aromatic rings. The number of nitrogens with one attached hydrogen (secondary N) is 1. The number of carbonyl (C=O) groups excluding carboxylic acids is 1. The number of likely N-dealkylation sites (tertiary alicyclic amines) is 1. The van der Waals surface area contributed by atoms with E-state index < -0.39 is 6.10 Å². The van der Waals surface area contributed by atoms with Crippen molar-refractivity contribution in [1.82, 2.24) is 30.0 Å². The highest BCUT2D eigenvalue weighted by Gasteiger charge is 2.37. The minimum Gasteiger partial charge on any atom is -0.481 e. The molecular weight excluding hydrogens is 524 g/mol. The van der Waals surface area contributed by atoms with E-state index in [1.807, 2.05) is 24.0 Å². The van der Waals surface area contributed by atoms with Gasteiger partial charge in [-0.05, 0) is 51.1 Å². The van der Waals surface area contributed by atoms with E-state index in [1.165, 1.54) is 6.08 Å². The van der Waals surface area contributed by atoms with Crippen molar-refractivity contribution in [1.29, 1.82) is 0 Å². The smallest absolute Gasteiger partial charge is 0.322 e. The second-order valence-corrected chi connectivity index (χ2v) is 10.8. The monoisotopic (exact) mass is 558 g/mol. The van der Waals surface area contributed by atoms with Crippen LogP contribution in [-0.2, 0) is 4.79 Å². The van der Waals surface area contributed by atoms with Gasteiger partial charge in [-0.25, -0.2) is 6.57 Å². The molecule has 41 heavy (non-hydrogen) atoms. The van der Waals surface area contributed by atoms with Crippen molar-refractivity contribution < 1.29 is 19.0 Å². The molecule has 0 spiro atoms. The van der Waals surface area contributed by atoms with Crippen LogP contribution in [0.5, 0.6) is 17.6 Å². The van der Waals surface area contributed by atoms with Crippen LogP contribution in [0.3, 0.4) is 0 Å². The lowest BCUT2D eigenvalue weighted by molar-refractivity contribution is -0.128. The van der Waals surface area contributed by atoms with Gasteiger partial charge in [-0.15, -0.1) is 0 Å². The standard InChI is InChI=1S/C29H34N8O4/c1-5-24(38)37-12-11-36(15-20(37)13-30-3)27-26-28(33-29(32-27)40-16-19-7-6-10-35(19)4)41-23(17-39-26)25-18(2)8-9-22-21(25)14-31-34-22/h5,8-9,14,19-20,23H,1,6-7,10-13,15-17H2,2,4H3,(H,31,34)/t19-,20-,23?/m0/s1. The maximum atomic E-state index is 12.5. The largest absolute Gasteiger partial charge is 0.481 e. The highest BCUT2D eigenvalue weighted by molar-refractivity contribution is 5.87. The van der Waals surface area contributed by atoms with Crippen LogP contribution >= 0.6 is 0 Å². The third-order valence-electron chi connectivity index (χ3n) is 8.25. The molecule has 3 aliphatic heterocycles. The van der Waals surface area contributed by atoms with Gasteiger partial charge in [-0.1, -0.05) is 12.6 Å². The summed E-state index contributed by atoms with van der Waals surface area (Å²) in [6.45, 7) is 16.4. The summed E-state index contributed by atoms with van der Waals surface area (Å²) in [4.78, 5) is 31.5. The van der Waals surface area contributed by atoms with Crippen LogP contribution < -0.4 is 19.1 Å². The summed E-state index contributed by atoms with van der Waals surface area (Å²) in [5.74, 6) is 1.11. The quantitative estimate of drug-likeness (QED) is 0.345. The van der Waals surface area contributed by atoms with E-state index >= 15 is 0 Å². The van der Waals surface area contributed by atoms with Crippen molar-refractivity contribution in [3.8, 4) is 17.6 Å². The van der Waals surface area contributed by atoms with Gasteiger partial charge >= 0.3 is 6.01 Å². The van der Waals surface area contributed by atoms with Gasteiger partial charge in [0.15, 0.2) is 11.9 Å². The Morgan fingerprint density at radius 3 is 2.95 bits per heavy atom. The second kappa shape index (κ2) is 11.2. The number of rotatable bonds is 7. The molecule has 2 aromatic heterocycles. The fraction of sp³-hybridized carbons (Fsp3) is 0.483. The molecule has 12 nitrogen and oxygen atoms in total. The molecule has 214 valence electrons. The lowest BCUT2D eigenvalue weighted by Crippen LogP contribution is -2.56. The normalized spacial score (nSPS) is 22.5. The van der Waals surface area contributed by atoms with Gasteiger partial charge in [0, 0.05) is 36.6 Å². The van der Waals surface area contributed by atoms with Crippen molar-refractivity contribution in [3.05, 3.63) is 53.5 Å². The van der Waals surface area contributed by atoms with E-state index in [0.717, 1.165) is 41.4 Å². The number of anilines is 1. The Hall–Kier alpha value is -4.37. The van der Waals surface area contributed by atoms with Gasteiger partial charge < -0.3 is 33.8 Å². The molecule has 0 saturated carbocycles. The average molecular weight is 559 g/mol. The molecular formula is C29H34N8O4. The number of hydrogen-bond acceptors (Lipinski definition) is 9. The van der Waals surface area contributed by atoms with E-state index in [0.29, 0.717) is 49.7 Å². The van der Waals surface area contributed by atoms with Gasteiger partial charge in [-0.2, -0.15) is 15.1 Å². The van der Waals surface area contributed by atoms with Crippen molar-refractivity contribution in [2.24, 2.45) is 0 Å². The molecule has 0 aliphatic carbocycles. The molecule has 6 rings (SSSR count). The van der Waals surface area contributed by atoms with Crippen LogP contribution in [-0.4, -0.2) is 101 Å². The maximum absolute atomic E-state index is 12.5. The Labute approximate surface area is 238 Å². The highest BCUT2D eigenvalue weighted by Crippen LogP contribution is 2.44. The number of hydrogen-bond donors (Lipinski definition) is 1. The Morgan fingerprint density at radius 1 is 1.29 bits per heavy atom. The zero-order valence-electron chi connectivity index (χ0n) is 23.4. The molecule has 12 heteroatoms. The van der Waals surface area contributed by atoms with E-state index in [-0.39, 0.29) is 31.1 Å². The SMILES string of the molecule is [C-]#[N+]C[C@H]1CN(c2nc(OC[C@@H]3CCCN3C)nc3c2OCC(c2c(C)ccc4[nH]ncc24)O3)CCN1C(=O)C=C. The Kier molecular flexibility index (Phi) is 7.36. The average Bonchev–Trinajstić information content (AvgIpc) is 3.63. The number of aromatic nitrogens is 4. The number of nitrogens with zero attached hydrogens (tertiary/aromatic N) is 7. The summed E-state index contributed by atoms with van der Waals surface area (Å²) in [5, 5.41) is 8.21. The number of carbonyl (C=O) groups is 1. The van der Waals surface area contributed by atoms with E-state index in [1.54, 1.807) is 11.1 Å². The van der Waals surface area contributed by atoms with E-state index in [4.69, 9.17) is 25.8 Å². The summed E-state index contributed by atoms with van der Waals surface area (Å²) in [6.07, 6.45) is 4.88. The Bertz CT molecular complexity index is 1500. The van der Waals surface area contributed by atoms with Gasteiger partial charge in [-0.3, -0.25) is 9.89 Å². The topological polar surface area (TPSA) is 113 Å². The molecule has 0 bridgehead atoms. The van der Waals surface area contributed by atoms with Crippen LogP contribution in [0, 0.1) is 13.5 Å². The van der Waals surface area contributed by atoms with Gasteiger partial charge in [0.25, 0.3) is 5.88 Å². The zero-order chi connectivity index (χ0) is 28.5. The van der Waals surface area contributed by atoms with E-state index in [9.17, 15) is 4.79 Å². The number of piperazine rings is 1. The number of H-pyrrole nitrogens is 1. The molecule has 1 amide bonds. The van der Waals surface area contributed by atoms with Crippen molar-refractivity contribution in [2.75, 3.05) is 57.9 Å². The molecule has 2 fully saturated rings. The lowest BCUT2D eigenvalue weighted by Gasteiger charge is -2.40. The molecule has 1 unspecified atom stereocenters. The predicted octanol–water partition coefficient (Wildman–Crippen LogP) is 2.77. The predicted molar refractivity (Wildman–Crippen MR) is 152 cm³/mol. The van der Waals surface area contributed by atoms with Crippen LogP contribution in [0.1, 0.15) is 30.1 Å². The first kappa shape index (κ1) is 26.8. The number of likely N-dealkylation sites (N-methyl/N-ethyl adjacent to an activating group) is 1. The van der Waals surface area contributed by atoms with Gasteiger partial charge in [0.05, 0.1) is 11.7 Å². The zero-order valence-corrected chi connectivity index (χ0v) is 23.4. The number of fused-ring (bicyclic) bond motifs is 2. The number of amides is 1. The van der Waals surface area contributed by atoms with Crippen molar-refractivity contribution >= 4 is 22.6 Å². The summed E-state index contributed by atoms with van der Waals surface area (Å²) in [5.41, 5.74) is 2.98. The summed E-state index contributed by atoms with van der Waals surface area (Å²) < 4.78 is 19.0. The number of aromatic amines is 1. The fourth-order valence-electron chi connectivity index (χ4n) is 6.01. The number of aryl methyl sites for hydroxylation is 1. The lowest BCUT2D eigenvalue weighted by atomic mass is 9.99. The minimum atomic E-state index is -0.405. The van der Waals surface area contributed by atoms with Crippen molar-refractivity contribution in [2.45, 2.75) is 38.0 Å². The third-order valence-corrected chi connectivity index (χ3v) is 8.25. The van der Waals surface area contributed by atoms with Crippen molar-refractivity contribution in [3.63, 3.8) is 0 Å². The molecule has 5 heterocycles. The minimum absolute atomic E-state index is 0.175. The molecule has 1 aromatic carbocycles. The van der Waals surface area contributed by atoms with Crippen LogP contribution in [0.25, 0.3) is 15.7 Å². The Morgan fingerprint density at radius 2 is 2.17 bits per heavy atom. The number of ether oxygens (including phenoxy) is 3. The number of benzene rings is 1. The molecule has 2 saturated heterocycles. The third kappa shape index (κ3) is 5.13. The van der Waals surface area contributed by atoms with Crippen LogP contribution in [0.2, 0.25) is 0 Å². The van der Waals surface area contributed by atoms with Gasteiger partial charge in [0.1, 0.15) is 19.3 Å². The Balaban J connectivity index is 1.34. The first-order valence-electron chi connectivity index (χ1n) is 13.9. The molecule has 3 atom stereocenters. The fourth-order valence-corrected chi connectivity index (χ4v) is 6.01. The maximum Gasteiger partial charge on any atom is 0.322 e. The first-order valence-corrected chi connectivity index (χ1v) is 13.9.